The first-order valence-electron chi connectivity index (χ1n) is 7.28. The van der Waals surface area contributed by atoms with Crippen LogP contribution >= 0.6 is 22.7 Å². The van der Waals surface area contributed by atoms with E-state index >= 15 is 0 Å². The Morgan fingerprint density at radius 2 is 2.21 bits per heavy atom. The molecule has 0 radical (unpaired) electrons. The van der Waals surface area contributed by atoms with Crippen molar-refractivity contribution in [2.45, 2.75) is 27.3 Å². The summed E-state index contributed by atoms with van der Waals surface area (Å²) >= 11 is 2.97. The maximum Gasteiger partial charge on any atom is 0.253 e. The van der Waals surface area contributed by atoms with Crippen molar-refractivity contribution in [1.82, 2.24) is 25.0 Å². The topological polar surface area (TPSA) is 94.8 Å². The predicted octanol–water partition coefficient (Wildman–Crippen LogP) is 2.51. The Kier molecular flexibility index (Phi) is 4.86. The van der Waals surface area contributed by atoms with Crippen LogP contribution in [0.25, 0.3) is 10.6 Å². The van der Waals surface area contributed by atoms with E-state index in [9.17, 15) is 4.79 Å². The molecule has 1 amide bonds. The summed E-state index contributed by atoms with van der Waals surface area (Å²) < 4.78 is 6.63. The normalized spacial score (nSPS) is 10.8. The molecule has 3 heterocycles. The molecule has 3 rings (SSSR count). The summed E-state index contributed by atoms with van der Waals surface area (Å²) in [5.41, 5.74) is 1.78. The molecule has 1 N–H and O–H groups in total. The number of aromatic nitrogens is 5. The van der Waals surface area contributed by atoms with Crippen LogP contribution in [0.15, 0.2) is 11.6 Å². The van der Waals surface area contributed by atoms with Crippen LogP contribution in [0.3, 0.4) is 0 Å². The minimum absolute atomic E-state index is 0.0493. The van der Waals surface area contributed by atoms with Crippen molar-refractivity contribution in [1.29, 1.82) is 0 Å². The number of hydrogen-bond acceptors (Lipinski definition) is 8. The molecule has 126 valence electrons. The lowest BCUT2D eigenvalue weighted by molar-refractivity contribution is -0.116. The zero-order valence-corrected chi connectivity index (χ0v) is 15.1. The van der Waals surface area contributed by atoms with Crippen molar-refractivity contribution in [3.8, 4) is 16.5 Å². The third kappa shape index (κ3) is 3.77. The molecule has 0 atom stereocenters. The van der Waals surface area contributed by atoms with Gasteiger partial charge in [0, 0.05) is 5.38 Å². The highest BCUT2D eigenvalue weighted by atomic mass is 32.1. The third-order valence-corrected chi connectivity index (χ3v) is 4.86. The minimum Gasteiger partial charge on any atom is -0.476 e. The van der Waals surface area contributed by atoms with E-state index in [-0.39, 0.29) is 12.5 Å². The van der Waals surface area contributed by atoms with E-state index in [0.29, 0.717) is 17.6 Å². The van der Waals surface area contributed by atoms with Crippen LogP contribution in [0.2, 0.25) is 0 Å². The fraction of sp³-hybridized carbons (Fsp3) is 0.357. The summed E-state index contributed by atoms with van der Waals surface area (Å²) in [6.07, 6.45) is 1.58. The van der Waals surface area contributed by atoms with Crippen LogP contribution in [0.4, 0.5) is 5.13 Å². The molecule has 0 saturated carbocycles. The second-order valence-electron chi connectivity index (χ2n) is 4.92. The molecular weight excluding hydrogens is 348 g/mol. The van der Waals surface area contributed by atoms with E-state index in [4.69, 9.17) is 4.74 Å². The molecule has 0 saturated heterocycles. The summed E-state index contributed by atoms with van der Waals surface area (Å²) in [6, 6.07) is 0. The smallest absolute Gasteiger partial charge is 0.253 e. The number of carbonyl (C=O) groups excluding carboxylic acids is 1. The molecule has 10 heteroatoms. The maximum atomic E-state index is 12.1. The van der Waals surface area contributed by atoms with Crippen molar-refractivity contribution in [3.05, 3.63) is 22.3 Å². The number of nitrogens with one attached hydrogen (secondary N) is 1. The lowest BCUT2D eigenvalue weighted by Crippen LogP contribution is -2.19. The summed E-state index contributed by atoms with van der Waals surface area (Å²) in [5, 5.41) is 13.9. The van der Waals surface area contributed by atoms with Gasteiger partial charge in [0.1, 0.15) is 6.54 Å². The number of rotatable bonds is 6. The minimum atomic E-state index is -0.221. The maximum absolute atomic E-state index is 12.1. The van der Waals surface area contributed by atoms with Gasteiger partial charge in [0.25, 0.3) is 5.88 Å². The van der Waals surface area contributed by atoms with Crippen LogP contribution in [0.5, 0.6) is 5.88 Å². The molecule has 0 spiro atoms. The van der Waals surface area contributed by atoms with Crippen molar-refractivity contribution >= 4 is 33.7 Å². The number of aryl methyl sites for hydroxylation is 2. The molecule has 0 aliphatic heterocycles. The number of thiazole rings is 2. The van der Waals surface area contributed by atoms with Crippen LogP contribution in [-0.2, 0) is 11.3 Å². The van der Waals surface area contributed by atoms with E-state index < -0.39 is 0 Å². The average molecular weight is 364 g/mol. The van der Waals surface area contributed by atoms with Gasteiger partial charge in [-0.1, -0.05) is 10.3 Å². The Hall–Kier alpha value is -2.33. The highest BCUT2D eigenvalue weighted by Crippen LogP contribution is 2.31. The Labute approximate surface area is 146 Å². The predicted molar refractivity (Wildman–Crippen MR) is 92.5 cm³/mol. The van der Waals surface area contributed by atoms with Gasteiger partial charge in [0.15, 0.2) is 5.13 Å². The molecule has 0 unspecified atom stereocenters. The Morgan fingerprint density at radius 1 is 1.38 bits per heavy atom. The zero-order valence-electron chi connectivity index (χ0n) is 13.4. The lowest BCUT2D eigenvalue weighted by atomic mass is 10.3. The Balaban J connectivity index is 1.63. The molecule has 3 aromatic heterocycles. The number of nitrogens with zero attached hydrogens (tertiary/aromatic N) is 5. The molecule has 0 aliphatic rings. The molecular formula is C14H16N6O2S2. The monoisotopic (exact) mass is 364 g/mol. The van der Waals surface area contributed by atoms with Gasteiger partial charge in [-0.3, -0.25) is 4.79 Å². The number of amides is 1. The molecule has 24 heavy (non-hydrogen) atoms. The molecule has 0 bridgehead atoms. The summed E-state index contributed by atoms with van der Waals surface area (Å²) in [6.45, 7) is 6.33. The largest absolute Gasteiger partial charge is 0.476 e. The van der Waals surface area contributed by atoms with Gasteiger partial charge in [0.2, 0.25) is 5.91 Å². The van der Waals surface area contributed by atoms with E-state index in [1.807, 2.05) is 26.2 Å². The molecule has 3 aromatic rings. The van der Waals surface area contributed by atoms with E-state index in [1.54, 1.807) is 17.5 Å². The van der Waals surface area contributed by atoms with Crippen LogP contribution < -0.4 is 10.1 Å². The highest BCUT2D eigenvalue weighted by Gasteiger charge is 2.13. The number of anilines is 1. The van der Waals surface area contributed by atoms with Gasteiger partial charge in [-0.05, 0) is 20.8 Å². The van der Waals surface area contributed by atoms with Gasteiger partial charge in [-0.2, -0.15) is 0 Å². The standard InChI is InChI=1S/C14H16N6O2S2/c1-4-22-12-6-20(19-18-12)5-11(21)17-14-16-10(7-23-14)13-8(2)15-9(3)24-13/h6-7H,4-5H2,1-3H3,(H,16,17,21). The Bertz CT molecular complexity index is 853. The molecule has 0 fully saturated rings. The van der Waals surface area contributed by atoms with Crippen LogP contribution in [0.1, 0.15) is 17.6 Å². The van der Waals surface area contributed by atoms with Gasteiger partial charge in [0.05, 0.1) is 34.1 Å². The quantitative estimate of drug-likeness (QED) is 0.722. The summed E-state index contributed by atoms with van der Waals surface area (Å²) in [7, 11) is 0. The van der Waals surface area contributed by atoms with Gasteiger partial charge >= 0.3 is 0 Å². The fourth-order valence-electron chi connectivity index (χ4n) is 2.08. The number of hydrogen-bond donors (Lipinski definition) is 1. The summed E-state index contributed by atoms with van der Waals surface area (Å²) in [4.78, 5) is 22.0. The first-order chi connectivity index (χ1) is 11.5. The van der Waals surface area contributed by atoms with Gasteiger partial charge < -0.3 is 10.1 Å². The first kappa shape index (κ1) is 16.5. The molecule has 0 aliphatic carbocycles. The number of ether oxygens (including phenoxy) is 1. The van der Waals surface area contributed by atoms with Crippen molar-refractivity contribution in [2.75, 3.05) is 11.9 Å². The second-order valence-corrected chi connectivity index (χ2v) is 6.98. The lowest BCUT2D eigenvalue weighted by Gasteiger charge is -2.00. The van der Waals surface area contributed by atoms with E-state index in [0.717, 1.165) is 21.3 Å². The molecule has 0 aromatic carbocycles. The van der Waals surface area contributed by atoms with E-state index in [2.05, 4.69) is 25.6 Å². The van der Waals surface area contributed by atoms with Crippen molar-refractivity contribution in [3.63, 3.8) is 0 Å². The van der Waals surface area contributed by atoms with Crippen LogP contribution in [-0.4, -0.2) is 37.5 Å². The number of carbonyl (C=O) groups is 1. The Morgan fingerprint density at radius 3 is 2.92 bits per heavy atom. The van der Waals surface area contributed by atoms with Crippen molar-refractivity contribution < 1.29 is 9.53 Å². The van der Waals surface area contributed by atoms with Gasteiger partial charge in [-0.15, -0.1) is 22.7 Å². The van der Waals surface area contributed by atoms with Crippen LogP contribution in [0, 0.1) is 13.8 Å². The first-order valence-corrected chi connectivity index (χ1v) is 8.97. The zero-order chi connectivity index (χ0) is 17.1. The second kappa shape index (κ2) is 7.05. The summed E-state index contributed by atoms with van der Waals surface area (Å²) in [5.74, 6) is 0.180. The molecule has 8 nitrogen and oxygen atoms in total. The highest BCUT2D eigenvalue weighted by molar-refractivity contribution is 7.16. The van der Waals surface area contributed by atoms with Gasteiger partial charge in [-0.25, -0.2) is 14.6 Å². The van der Waals surface area contributed by atoms with E-state index in [1.165, 1.54) is 16.0 Å². The van der Waals surface area contributed by atoms with Crippen molar-refractivity contribution in [2.24, 2.45) is 0 Å². The third-order valence-electron chi connectivity index (χ3n) is 3.00. The fourth-order valence-corrected chi connectivity index (χ4v) is 3.75. The SMILES string of the molecule is CCOc1cn(CC(=O)Nc2nc(-c3sc(C)nc3C)cs2)nn1. The average Bonchev–Trinajstić information content (AvgIpc) is 3.21.